The van der Waals surface area contributed by atoms with Crippen LogP contribution in [-0.4, -0.2) is 0 Å². The second-order valence-corrected chi connectivity index (χ2v) is 2.96. The summed E-state index contributed by atoms with van der Waals surface area (Å²) in [5.74, 6) is 0. The Kier molecular flexibility index (Phi) is 1.83. The van der Waals surface area contributed by atoms with Crippen LogP contribution in [0.2, 0.25) is 0 Å². The molecule has 0 nitrogen and oxygen atoms in total. The van der Waals surface area contributed by atoms with E-state index in [1.807, 2.05) is 12.1 Å². The van der Waals surface area contributed by atoms with Crippen molar-refractivity contribution in [3.05, 3.63) is 48.0 Å². The summed E-state index contributed by atoms with van der Waals surface area (Å²) in [5, 5.41) is 2.59. The van der Waals surface area contributed by atoms with E-state index in [-0.39, 0.29) is 0 Å². The highest BCUT2D eigenvalue weighted by atomic mass is 14.0. The summed E-state index contributed by atoms with van der Waals surface area (Å²) in [7, 11) is 0. The van der Waals surface area contributed by atoms with Gasteiger partial charge in [0.25, 0.3) is 0 Å². The molecule has 0 heterocycles. The van der Waals surface area contributed by atoms with Crippen LogP contribution >= 0.6 is 0 Å². The van der Waals surface area contributed by atoms with Crippen LogP contribution in [0.4, 0.5) is 0 Å². The summed E-state index contributed by atoms with van der Waals surface area (Å²) in [4.78, 5) is 0. The van der Waals surface area contributed by atoms with E-state index in [1.165, 1.54) is 16.3 Å². The van der Waals surface area contributed by atoms with Gasteiger partial charge < -0.3 is 0 Å². The van der Waals surface area contributed by atoms with Gasteiger partial charge in [0.2, 0.25) is 0 Å². The Morgan fingerprint density at radius 3 is 2.92 bits per heavy atom. The fourth-order valence-corrected chi connectivity index (χ4v) is 1.40. The summed E-state index contributed by atoms with van der Waals surface area (Å²) in [6.07, 6.45) is 1.10. The number of rotatable bonds is 1. The third-order valence-corrected chi connectivity index (χ3v) is 2.16. The molecule has 0 fully saturated rings. The summed E-state index contributed by atoms with van der Waals surface area (Å²) in [6.45, 7) is 2.17. The molecule has 0 unspecified atom stereocenters. The number of hydrogen-bond donors (Lipinski definition) is 0. The van der Waals surface area contributed by atoms with Crippen LogP contribution in [0.3, 0.4) is 0 Å². The lowest BCUT2D eigenvalue weighted by molar-refractivity contribution is 1.15. The van der Waals surface area contributed by atoms with Crippen LogP contribution in [0.1, 0.15) is 12.5 Å². The number of benzene rings is 2. The molecular weight excluding hydrogens is 144 g/mol. The van der Waals surface area contributed by atoms with Crippen molar-refractivity contribution in [1.29, 1.82) is 0 Å². The van der Waals surface area contributed by atoms with Crippen LogP contribution < -0.4 is 0 Å². The van der Waals surface area contributed by atoms with Gasteiger partial charge >= 0.3 is 0 Å². The van der Waals surface area contributed by atoms with E-state index in [0.717, 1.165) is 6.42 Å². The Balaban J connectivity index is 2.67. The van der Waals surface area contributed by atoms with Gasteiger partial charge in [0.1, 0.15) is 0 Å². The summed E-state index contributed by atoms with van der Waals surface area (Å²) in [5.41, 5.74) is 1.39. The molecular formula is C12H11. The molecule has 59 valence electrons. The molecule has 0 atom stereocenters. The van der Waals surface area contributed by atoms with E-state index in [9.17, 15) is 0 Å². The maximum absolute atomic E-state index is 3.09. The molecule has 0 heteroatoms. The normalized spacial score (nSPS) is 10.4. The second kappa shape index (κ2) is 2.98. The molecule has 0 aliphatic carbocycles. The van der Waals surface area contributed by atoms with Gasteiger partial charge in [0.15, 0.2) is 0 Å². The molecule has 0 amide bonds. The predicted octanol–water partition coefficient (Wildman–Crippen LogP) is 3.20. The van der Waals surface area contributed by atoms with Crippen LogP contribution in [0, 0.1) is 6.07 Å². The van der Waals surface area contributed by atoms with Gasteiger partial charge in [-0.1, -0.05) is 37.3 Å². The van der Waals surface area contributed by atoms with Crippen molar-refractivity contribution in [1.82, 2.24) is 0 Å². The standard InChI is InChI=1S/C12H11/c1-2-10-7-8-11-5-3-4-6-12(11)9-10/h3,5-9H,2H2,1H3. The topological polar surface area (TPSA) is 0 Å². The number of aryl methyl sites for hydroxylation is 1. The molecule has 0 aliphatic heterocycles. The fourth-order valence-electron chi connectivity index (χ4n) is 1.40. The Morgan fingerprint density at radius 1 is 1.17 bits per heavy atom. The zero-order chi connectivity index (χ0) is 8.39. The Morgan fingerprint density at radius 2 is 2.08 bits per heavy atom. The summed E-state index contributed by atoms with van der Waals surface area (Å²) in [6, 6.07) is 15.7. The maximum Gasteiger partial charge on any atom is -0.0175 e. The lowest BCUT2D eigenvalue weighted by atomic mass is 10.1. The highest BCUT2D eigenvalue weighted by molar-refractivity contribution is 5.82. The average Bonchev–Trinajstić information content (AvgIpc) is 2.17. The third-order valence-electron chi connectivity index (χ3n) is 2.16. The summed E-state index contributed by atoms with van der Waals surface area (Å²) >= 11 is 0. The van der Waals surface area contributed by atoms with Gasteiger partial charge in [-0.15, -0.1) is 0 Å². The minimum Gasteiger partial charge on any atom is -0.0613 e. The first-order valence-corrected chi connectivity index (χ1v) is 4.29. The van der Waals surface area contributed by atoms with Crippen molar-refractivity contribution in [2.24, 2.45) is 0 Å². The Labute approximate surface area is 72.8 Å². The number of fused-ring (bicyclic) bond motifs is 1. The molecule has 0 aliphatic rings. The summed E-state index contributed by atoms with van der Waals surface area (Å²) < 4.78 is 0. The monoisotopic (exact) mass is 155 g/mol. The molecule has 1 radical (unpaired) electrons. The predicted molar refractivity (Wildman–Crippen MR) is 52.2 cm³/mol. The first-order chi connectivity index (χ1) is 5.90. The molecule has 0 saturated carbocycles. The zero-order valence-corrected chi connectivity index (χ0v) is 7.17. The van der Waals surface area contributed by atoms with E-state index < -0.39 is 0 Å². The van der Waals surface area contributed by atoms with Gasteiger partial charge in [-0.25, -0.2) is 0 Å². The fraction of sp³-hybridized carbons (Fsp3) is 0.167. The molecule has 12 heavy (non-hydrogen) atoms. The lowest BCUT2D eigenvalue weighted by Crippen LogP contribution is -1.79. The van der Waals surface area contributed by atoms with Crippen molar-refractivity contribution in [3.63, 3.8) is 0 Å². The van der Waals surface area contributed by atoms with Crippen molar-refractivity contribution in [2.45, 2.75) is 13.3 Å². The van der Waals surface area contributed by atoms with Gasteiger partial charge in [0, 0.05) is 0 Å². The van der Waals surface area contributed by atoms with Crippen LogP contribution in [-0.2, 0) is 6.42 Å². The molecule has 0 saturated heterocycles. The largest absolute Gasteiger partial charge is 0.0613 e. The highest BCUT2D eigenvalue weighted by Crippen LogP contribution is 2.15. The van der Waals surface area contributed by atoms with Crippen molar-refractivity contribution in [3.8, 4) is 0 Å². The SMILES string of the molecule is CCc1ccc2cc[c]cc2c1. The quantitative estimate of drug-likeness (QED) is 0.593. The minimum absolute atomic E-state index is 1.10. The number of hydrogen-bond acceptors (Lipinski definition) is 0. The van der Waals surface area contributed by atoms with Crippen LogP contribution in [0.15, 0.2) is 36.4 Å². The zero-order valence-electron chi connectivity index (χ0n) is 7.17. The van der Waals surface area contributed by atoms with Crippen molar-refractivity contribution in [2.75, 3.05) is 0 Å². The molecule has 0 aromatic heterocycles. The first kappa shape index (κ1) is 7.35. The third kappa shape index (κ3) is 1.20. The average molecular weight is 155 g/mol. The molecule has 0 spiro atoms. The molecule has 2 rings (SSSR count). The lowest BCUT2D eigenvalue weighted by Gasteiger charge is -1.99. The Hall–Kier alpha value is -1.30. The first-order valence-electron chi connectivity index (χ1n) is 4.29. The molecule has 0 N–H and O–H groups in total. The van der Waals surface area contributed by atoms with E-state index in [0.29, 0.717) is 0 Å². The van der Waals surface area contributed by atoms with E-state index in [1.54, 1.807) is 0 Å². The van der Waals surface area contributed by atoms with Crippen molar-refractivity contribution < 1.29 is 0 Å². The van der Waals surface area contributed by atoms with E-state index in [4.69, 9.17) is 0 Å². The molecule has 2 aromatic rings. The van der Waals surface area contributed by atoms with Gasteiger partial charge in [-0.05, 0) is 34.9 Å². The van der Waals surface area contributed by atoms with Crippen LogP contribution in [0.25, 0.3) is 10.8 Å². The molecule has 2 aromatic carbocycles. The van der Waals surface area contributed by atoms with Crippen molar-refractivity contribution >= 4 is 10.8 Å². The van der Waals surface area contributed by atoms with Gasteiger partial charge in [0.05, 0.1) is 0 Å². The van der Waals surface area contributed by atoms with E-state index >= 15 is 0 Å². The van der Waals surface area contributed by atoms with E-state index in [2.05, 4.69) is 37.3 Å². The minimum atomic E-state index is 1.10. The smallest absolute Gasteiger partial charge is 0.0175 e. The Bertz CT molecular complexity index is 388. The second-order valence-electron chi connectivity index (χ2n) is 2.96. The molecule has 0 bridgehead atoms. The van der Waals surface area contributed by atoms with Gasteiger partial charge in [-0.3, -0.25) is 0 Å². The van der Waals surface area contributed by atoms with Gasteiger partial charge in [-0.2, -0.15) is 0 Å². The highest BCUT2D eigenvalue weighted by Gasteiger charge is 1.92. The van der Waals surface area contributed by atoms with Crippen LogP contribution in [0.5, 0.6) is 0 Å². The maximum atomic E-state index is 3.09.